The summed E-state index contributed by atoms with van der Waals surface area (Å²) in [6, 6.07) is 0. The third-order valence-electron chi connectivity index (χ3n) is 2.03. The van der Waals surface area contributed by atoms with Crippen molar-refractivity contribution in [3.8, 4) is 0 Å². The summed E-state index contributed by atoms with van der Waals surface area (Å²) in [4.78, 5) is 20.3. The van der Waals surface area contributed by atoms with Crippen LogP contribution in [0, 0.1) is 0 Å². The third kappa shape index (κ3) is 17.1. The van der Waals surface area contributed by atoms with Crippen LogP contribution in [0.3, 0.4) is 0 Å². The van der Waals surface area contributed by atoms with Gasteiger partial charge in [-0.2, -0.15) is 0 Å². The molecule has 0 aromatic heterocycles. The SMILES string of the molecule is O=C(O)CCCCCCCCC(=O)O.[Ba]. The molecule has 15 heavy (non-hydrogen) atoms. The molecule has 0 rings (SSSR count). The summed E-state index contributed by atoms with van der Waals surface area (Å²) in [6.07, 6.45) is 5.82. The first-order chi connectivity index (χ1) is 6.63. The Kier molecular flexibility index (Phi) is 15.0. The zero-order chi connectivity index (χ0) is 10.8. The van der Waals surface area contributed by atoms with Gasteiger partial charge in [0.1, 0.15) is 0 Å². The monoisotopic (exact) mass is 340 g/mol. The van der Waals surface area contributed by atoms with Gasteiger partial charge in [0.2, 0.25) is 0 Å². The number of carbonyl (C=O) groups is 2. The van der Waals surface area contributed by atoms with Crippen LogP contribution in [0.2, 0.25) is 0 Å². The number of carboxylic acids is 2. The van der Waals surface area contributed by atoms with Crippen LogP contribution in [0.4, 0.5) is 0 Å². The standard InChI is InChI=1S/C10H18O4.Ba/c11-9(12)7-5-3-1-2-4-6-8-10(13)14;/h1-8H2,(H,11,12)(H,13,14);. The number of hydrogen-bond acceptors (Lipinski definition) is 2. The van der Waals surface area contributed by atoms with Crippen molar-refractivity contribution in [2.45, 2.75) is 51.4 Å². The quantitative estimate of drug-likeness (QED) is 0.497. The van der Waals surface area contributed by atoms with Gasteiger partial charge in [-0.05, 0) is 12.8 Å². The summed E-state index contributed by atoms with van der Waals surface area (Å²) in [6.45, 7) is 0. The van der Waals surface area contributed by atoms with Gasteiger partial charge in [0.25, 0.3) is 0 Å². The van der Waals surface area contributed by atoms with E-state index in [1.807, 2.05) is 0 Å². The van der Waals surface area contributed by atoms with E-state index in [1.165, 1.54) is 0 Å². The molecule has 0 bridgehead atoms. The minimum Gasteiger partial charge on any atom is -0.481 e. The van der Waals surface area contributed by atoms with Crippen molar-refractivity contribution in [1.82, 2.24) is 0 Å². The second-order valence-electron chi connectivity index (χ2n) is 3.41. The normalized spacial score (nSPS) is 9.33. The molecular formula is C10H18BaO4. The topological polar surface area (TPSA) is 74.6 Å². The smallest absolute Gasteiger partial charge is 0.303 e. The Morgan fingerprint density at radius 1 is 0.667 bits per heavy atom. The summed E-state index contributed by atoms with van der Waals surface area (Å²) in [5.41, 5.74) is 0. The van der Waals surface area contributed by atoms with Gasteiger partial charge < -0.3 is 10.2 Å². The van der Waals surface area contributed by atoms with Gasteiger partial charge in [-0.1, -0.05) is 25.7 Å². The molecule has 0 saturated heterocycles. The maximum atomic E-state index is 10.1. The van der Waals surface area contributed by atoms with Gasteiger partial charge in [0.05, 0.1) is 0 Å². The molecule has 2 radical (unpaired) electrons. The van der Waals surface area contributed by atoms with E-state index in [0.29, 0.717) is 0 Å². The predicted molar refractivity (Wildman–Crippen MR) is 58.0 cm³/mol. The van der Waals surface area contributed by atoms with Crippen molar-refractivity contribution in [3.05, 3.63) is 0 Å². The molecule has 0 aliphatic rings. The van der Waals surface area contributed by atoms with E-state index < -0.39 is 11.9 Å². The van der Waals surface area contributed by atoms with Crippen LogP contribution in [0.1, 0.15) is 51.4 Å². The molecule has 0 heterocycles. The average Bonchev–Trinajstić information content (AvgIpc) is 2.08. The van der Waals surface area contributed by atoms with Gasteiger partial charge in [0.15, 0.2) is 0 Å². The number of hydrogen-bond donors (Lipinski definition) is 2. The van der Waals surface area contributed by atoms with E-state index in [2.05, 4.69) is 0 Å². The van der Waals surface area contributed by atoms with Crippen LogP contribution in [0.15, 0.2) is 0 Å². The molecule has 0 atom stereocenters. The largest absolute Gasteiger partial charge is 0.481 e. The van der Waals surface area contributed by atoms with E-state index in [9.17, 15) is 9.59 Å². The van der Waals surface area contributed by atoms with E-state index in [-0.39, 0.29) is 61.7 Å². The van der Waals surface area contributed by atoms with Crippen molar-refractivity contribution in [1.29, 1.82) is 0 Å². The van der Waals surface area contributed by atoms with Crippen molar-refractivity contribution in [2.24, 2.45) is 0 Å². The molecule has 4 nitrogen and oxygen atoms in total. The molecule has 0 aliphatic heterocycles. The van der Waals surface area contributed by atoms with Crippen molar-refractivity contribution in [3.63, 3.8) is 0 Å². The van der Waals surface area contributed by atoms with Crippen LogP contribution < -0.4 is 0 Å². The van der Waals surface area contributed by atoms with Gasteiger partial charge in [-0.15, -0.1) is 0 Å². The molecule has 0 spiro atoms. The van der Waals surface area contributed by atoms with E-state index in [1.54, 1.807) is 0 Å². The zero-order valence-electron chi connectivity index (χ0n) is 9.07. The maximum Gasteiger partial charge on any atom is 0.303 e. The molecule has 84 valence electrons. The van der Waals surface area contributed by atoms with Gasteiger partial charge in [0, 0.05) is 61.7 Å². The van der Waals surface area contributed by atoms with Crippen LogP contribution in [-0.2, 0) is 9.59 Å². The summed E-state index contributed by atoms with van der Waals surface area (Å²) in [5.74, 6) is -1.48. The minimum absolute atomic E-state index is 0. The molecule has 0 aromatic carbocycles. The molecular weight excluding hydrogens is 321 g/mol. The molecule has 0 aromatic rings. The number of aliphatic carboxylic acids is 2. The number of rotatable bonds is 9. The van der Waals surface area contributed by atoms with E-state index in [0.717, 1.165) is 38.5 Å². The first kappa shape index (κ1) is 17.9. The molecule has 0 aliphatic carbocycles. The molecule has 0 fully saturated rings. The van der Waals surface area contributed by atoms with E-state index in [4.69, 9.17) is 10.2 Å². The van der Waals surface area contributed by atoms with Crippen LogP contribution >= 0.6 is 0 Å². The van der Waals surface area contributed by atoms with Crippen LogP contribution in [0.25, 0.3) is 0 Å². The predicted octanol–water partition coefficient (Wildman–Crippen LogP) is 1.90. The average molecular weight is 340 g/mol. The molecule has 5 heteroatoms. The fourth-order valence-corrected chi connectivity index (χ4v) is 1.26. The maximum absolute atomic E-state index is 10.1. The Balaban J connectivity index is 0. The first-order valence-corrected chi connectivity index (χ1v) is 5.06. The van der Waals surface area contributed by atoms with Gasteiger partial charge >= 0.3 is 11.9 Å². The molecule has 0 saturated carbocycles. The third-order valence-corrected chi connectivity index (χ3v) is 2.03. The number of unbranched alkanes of at least 4 members (excludes halogenated alkanes) is 5. The minimum atomic E-state index is -0.740. The Morgan fingerprint density at radius 2 is 0.933 bits per heavy atom. The van der Waals surface area contributed by atoms with Crippen LogP contribution in [0.5, 0.6) is 0 Å². The second-order valence-corrected chi connectivity index (χ2v) is 3.41. The van der Waals surface area contributed by atoms with Gasteiger partial charge in [-0.25, -0.2) is 0 Å². The Morgan fingerprint density at radius 3 is 1.20 bits per heavy atom. The number of carboxylic acid groups (broad SMARTS) is 2. The Bertz CT molecular complexity index is 162. The zero-order valence-corrected chi connectivity index (χ0v) is 13.5. The van der Waals surface area contributed by atoms with E-state index >= 15 is 0 Å². The summed E-state index contributed by atoms with van der Waals surface area (Å²) in [7, 11) is 0. The molecule has 0 amide bonds. The fourth-order valence-electron chi connectivity index (χ4n) is 1.26. The van der Waals surface area contributed by atoms with Crippen molar-refractivity contribution in [2.75, 3.05) is 0 Å². The molecule has 0 unspecified atom stereocenters. The fraction of sp³-hybridized carbons (Fsp3) is 0.800. The Labute approximate surface area is 131 Å². The first-order valence-electron chi connectivity index (χ1n) is 5.06. The summed E-state index contributed by atoms with van der Waals surface area (Å²) in [5, 5.41) is 16.7. The van der Waals surface area contributed by atoms with Crippen LogP contribution in [-0.4, -0.2) is 71.0 Å². The van der Waals surface area contributed by atoms with Crippen molar-refractivity contribution < 1.29 is 19.8 Å². The molecule has 2 N–H and O–H groups in total. The second kappa shape index (κ2) is 12.6. The summed E-state index contributed by atoms with van der Waals surface area (Å²) >= 11 is 0. The van der Waals surface area contributed by atoms with Gasteiger partial charge in [-0.3, -0.25) is 9.59 Å². The Hall–Kier alpha value is 0.511. The van der Waals surface area contributed by atoms with Crippen molar-refractivity contribution >= 4 is 60.8 Å². The summed E-state index contributed by atoms with van der Waals surface area (Å²) < 4.78 is 0.